The molecule has 0 saturated heterocycles. The number of fused-ring (bicyclic) bond motifs is 6. The third-order valence-corrected chi connectivity index (χ3v) is 6.67. The normalized spacial score (nSPS) is 17.6. The Kier molecular flexibility index (Phi) is 2.78. The zero-order chi connectivity index (χ0) is 17.6. The summed E-state index contributed by atoms with van der Waals surface area (Å²) in [5.41, 5.74) is 10.9. The summed E-state index contributed by atoms with van der Waals surface area (Å²) in [6, 6.07) is 20.0. The van der Waals surface area contributed by atoms with Crippen LogP contribution in [0.2, 0.25) is 5.02 Å². The molecule has 0 N–H and O–H groups in total. The summed E-state index contributed by atoms with van der Waals surface area (Å²) in [5, 5.41) is 0.856. The summed E-state index contributed by atoms with van der Waals surface area (Å²) in [6.07, 6.45) is 0. The lowest BCUT2D eigenvalue weighted by molar-refractivity contribution is 0.639. The van der Waals surface area contributed by atoms with Crippen LogP contribution in [-0.4, -0.2) is 0 Å². The second-order valence-electron chi connectivity index (χ2n) is 8.40. The Labute approximate surface area is 154 Å². The van der Waals surface area contributed by atoms with Gasteiger partial charge in [-0.15, -0.1) is 0 Å². The summed E-state index contributed by atoms with van der Waals surface area (Å²) in [5.74, 6) is 0. The molecular weight excluding hydrogens is 324 g/mol. The number of hydrogen-bond donors (Lipinski definition) is 0. The van der Waals surface area contributed by atoms with Crippen LogP contribution in [0.1, 0.15) is 49.9 Å². The third-order valence-electron chi connectivity index (χ3n) is 6.35. The monoisotopic (exact) mass is 344 g/mol. The predicted octanol–water partition coefficient (Wildman–Crippen LogP) is 6.95. The number of halogens is 1. The zero-order valence-corrected chi connectivity index (χ0v) is 15.8. The second kappa shape index (κ2) is 4.56. The lowest BCUT2D eigenvalue weighted by atomic mass is 9.78. The van der Waals surface area contributed by atoms with Crippen molar-refractivity contribution in [3.8, 4) is 22.3 Å². The molecule has 0 atom stereocenters. The Morgan fingerprint density at radius 3 is 2.04 bits per heavy atom. The first-order valence-electron chi connectivity index (χ1n) is 8.92. The molecule has 1 heteroatoms. The predicted molar refractivity (Wildman–Crippen MR) is 107 cm³/mol. The largest absolute Gasteiger partial charge is 0.0837 e. The maximum Gasteiger partial charge on any atom is 0.0487 e. The molecule has 0 aliphatic heterocycles. The molecule has 0 unspecified atom stereocenters. The van der Waals surface area contributed by atoms with Crippen LogP contribution in [-0.2, 0) is 10.8 Å². The quantitative estimate of drug-likeness (QED) is 0.413. The minimum absolute atomic E-state index is 0.0184. The highest BCUT2D eigenvalue weighted by atomic mass is 35.5. The maximum atomic E-state index is 6.63. The van der Waals surface area contributed by atoms with Crippen LogP contribution in [0.3, 0.4) is 0 Å². The lowest BCUT2D eigenvalue weighted by Crippen LogP contribution is -2.18. The maximum absolute atomic E-state index is 6.63. The molecule has 0 saturated carbocycles. The molecule has 0 aromatic heterocycles. The van der Waals surface area contributed by atoms with E-state index in [0.717, 1.165) is 5.02 Å². The molecule has 0 heterocycles. The van der Waals surface area contributed by atoms with E-state index in [9.17, 15) is 0 Å². The Balaban J connectivity index is 1.90. The molecule has 0 nitrogen and oxygen atoms in total. The number of rotatable bonds is 0. The SMILES string of the molecule is CC1(C)c2ccccc2-c2cc3c(cc21)C(C)(C)c1cccc(Cl)c1-3. The van der Waals surface area contributed by atoms with Crippen LogP contribution in [0, 0.1) is 0 Å². The van der Waals surface area contributed by atoms with E-state index in [-0.39, 0.29) is 10.8 Å². The summed E-state index contributed by atoms with van der Waals surface area (Å²) < 4.78 is 0. The fraction of sp³-hybridized carbons (Fsp3) is 0.250. The van der Waals surface area contributed by atoms with Gasteiger partial charge in [0.15, 0.2) is 0 Å². The molecule has 0 spiro atoms. The van der Waals surface area contributed by atoms with Crippen LogP contribution < -0.4 is 0 Å². The standard InChI is InChI=1S/C24H21Cl/c1-23(2)17-9-6-5-8-14(17)15-12-16-20(13-19(15)23)24(3,4)18-10-7-11-21(25)22(16)18/h5-13H,1-4H3. The number of hydrogen-bond acceptors (Lipinski definition) is 0. The van der Waals surface area contributed by atoms with Gasteiger partial charge >= 0.3 is 0 Å². The second-order valence-corrected chi connectivity index (χ2v) is 8.81. The minimum Gasteiger partial charge on any atom is -0.0837 e. The van der Waals surface area contributed by atoms with E-state index in [2.05, 4.69) is 76.2 Å². The Morgan fingerprint density at radius 2 is 1.24 bits per heavy atom. The van der Waals surface area contributed by atoms with Gasteiger partial charge in [-0.2, -0.15) is 0 Å². The molecule has 25 heavy (non-hydrogen) atoms. The van der Waals surface area contributed by atoms with Crippen LogP contribution in [0.15, 0.2) is 54.6 Å². The zero-order valence-electron chi connectivity index (χ0n) is 15.1. The van der Waals surface area contributed by atoms with Gasteiger partial charge in [-0.3, -0.25) is 0 Å². The summed E-state index contributed by atoms with van der Waals surface area (Å²) >= 11 is 6.63. The van der Waals surface area contributed by atoms with Crippen molar-refractivity contribution in [2.75, 3.05) is 0 Å². The molecule has 2 aliphatic rings. The Hall–Kier alpha value is -2.05. The first-order chi connectivity index (χ1) is 11.8. The van der Waals surface area contributed by atoms with Gasteiger partial charge in [0, 0.05) is 21.4 Å². The Bertz CT molecular complexity index is 1050. The van der Waals surface area contributed by atoms with Crippen molar-refractivity contribution >= 4 is 11.6 Å². The van der Waals surface area contributed by atoms with Gasteiger partial charge in [-0.1, -0.05) is 81.8 Å². The van der Waals surface area contributed by atoms with Gasteiger partial charge in [-0.05, 0) is 51.1 Å². The lowest BCUT2D eigenvalue weighted by Gasteiger charge is -2.25. The van der Waals surface area contributed by atoms with Crippen LogP contribution in [0.4, 0.5) is 0 Å². The molecule has 0 amide bonds. The van der Waals surface area contributed by atoms with Gasteiger partial charge in [0.25, 0.3) is 0 Å². The van der Waals surface area contributed by atoms with Gasteiger partial charge in [0.1, 0.15) is 0 Å². The van der Waals surface area contributed by atoms with Gasteiger partial charge in [0.05, 0.1) is 0 Å². The summed E-state index contributed by atoms with van der Waals surface area (Å²) in [6.45, 7) is 9.31. The molecule has 0 fully saturated rings. The molecule has 3 aromatic carbocycles. The van der Waals surface area contributed by atoms with Crippen molar-refractivity contribution in [1.29, 1.82) is 0 Å². The molecule has 3 aromatic rings. The van der Waals surface area contributed by atoms with Gasteiger partial charge < -0.3 is 0 Å². The van der Waals surface area contributed by atoms with Crippen LogP contribution in [0.5, 0.6) is 0 Å². The van der Waals surface area contributed by atoms with E-state index in [0.29, 0.717) is 0 Å². The van der Waals surface area contributed by atoms with Crippen molar-refractivity contribution in [2.24, 2.45) is 0 Å². The van der Waals surface area contributed by atoms with E-state index in [1.165, 1.54) is 44.5 Å². The third kappa shape index (κ3) is 1.74. The first-order valence-corrected chi connectivity index (χ1v) is 9.29. The molecule has 124 valence electrons. The summed E-state index contributed by atoms with van der Waals surface area (Å²) in [7, 11) is 0. The summed E-state index contributed by atoms with van der Waals surface area (Å²) in [4.78, 5) is 0. The van der Waals surface area contributed by atoms with Gasteiger partial charge in [0.2, 0.25) is 0 Å². The van der Waals surface area contributed by atoms with E-state index >= 15 is 0 Å². The van der Waals surface area contributed by atoms with E-state index in [1.54, 1.807) is 0 Å². The molecule has 0 radical (unpaired) electrons. The van der Waals surface area contributed by atoms with Crippen LogP contribution in [0.25, 0.3) is 22.3 Å². The molecule has 5 rings (SSSR count). The number of benzene rings is 3. The van der Waals surface area contributed by atoms with Crippen molar-refractivity contribution in [3.05, 3.63) is 81.9 Å². The fourth-order valence-corrected chi connectivity index (χ4v) is 5.21. The highest BCUT2D eigenvalue weighted by Crippen LogP contribution is 2.56. The van der Waals surface area contributed by atoms with Crippen LogP contribution >= 0.6 is 11.6 Å². The average molecular weight is 345 g/mol. The fourth-order valence-electron chi connectivity index (χ4n) is 4.94. The van der Waals surface area contributed by atoms with Crippen molar-refractivity contribution in [1.82, 2.24) is 0 Å². The van der Waals surface area contributed by atoms with E-state index in [1.807, 2.05) is 6.07 Å². The molecule has 2 aliphatic carbocycles. The molecular formula is C24H21Cl. The van der Waals surface area contributed by atoms with Crippen molar-refractivity contribution < 1.29 is 0 Å². The smallest absolute Gasteiger partial charge is 0.0487 e. The van der Waals surface area contributed by atoms with E-state index in [4.69, 9.17) is 11.6 Å². The Morgan fingerprint density at radius 1 is 0.600 bits per heavy atom. The van der Waals surface area contributed by atoms with E-state index < -0.39 is 0 Å². The average Bonchev–Trinajstić information content (AvgIpc) is 2.95. The van der Waals surface area contributed by atoms with Crippen molar-refractivity contribution in [2.45, 2.75) is 38.5 Å². The highest BCUT2D eigenvalue weighted by molar-refractivity contribution is 6.34. The topological polar surface area (TPSA) is 0 Å². The molecule has 0 bridgehead atoms. The first kappa shape index (κ1) is 15.2. The minimum atomic E-state index is -0.0184. The van der Waals surface area contributed by atoms with Gasteiger partial charge in [-0.25, -0.2) is 0 Å². The van der Waals surface area contributed by atoms with Crippen molar-refractivity contribution in [3.63, 3.8) is 0 Å². The highest BCUT2D eigenvalue weighted by Gasteiger charge is 2.41.